The van der Waals surface area contributed by atoms with Crippen molar-refractivity contribution in [2.75, 3.05) is 41.3 Å². The third-order valence-corrected chi connectivity index (χ3v) is 4.89. The summed E-state index contributed by atoms with van der Waals surface area (Å²) < 4.78 is 0. The number of aromatic nitrogens is 4. The van der Waals surface area contributed by atoms with E-state index >= 15 is 0 Å². The summed E-state index contributed by atoms with van der Waals surface area (Å²) in [6.45, 7) is 7.77. The highest BCUT2D eigenvalue weighted by Gasteiger charge is 2.20. The number of hydrogen-bond donors (Lipinski definition) is 1. The van der Waals surface area contributed by atoms with Crippen molar-refractivity contribution in [3.63, 3.8) is 0 Å². The molecule has 1 saturated heterocycles. The maximum Gasteiger partial charge on any atom is 0.227 e. The van der Waals surface area contributed by atoms with E-state index in [0.717, 1.165) is 49.6 Å². The van der Waals surface area contributed by atoms with E-state index in [4.69, 9.17) is 4.98 Å². The molecule has 0 atom stereocenters. The molecule has 7 heteroatoms. The van der Waals surface area contributed by atoms with Crippen LogP contribution in [0.25, 0.3) is 0 Å². The summed E-state index contributed by atoms with van der Waals surface area (Å²) in [7, 11) is 0. The van der Waals surface area contributed by atoms with E-state index in [9.17, 15) is 0 Å². The zero-order valence-electron chi connectivity index (χ0n) is 16.3. The smallest absolute Gasteiger partial charge is 0.227 e. The van der Waals surface area contributed by atoms with E-state index in [1.54, 1.807) is 18.6 Å². The van der Waals surface area contributed by atoms with E-state index < -0.39 is 0 Å². The Bertz CT molecular complexity index is 888. The molecule has 1 aliphatic heterocycles. The first-order valence-electron chi connectivity index (χ1n) is 9.66. The highest BCUT2D eigenvalue weighted by molar-refractivity contribution is 5.57. The Morgan fingerprint density at radius 1 is 0.786 bits per heavy atom. The monoisotopic (exact) mass is 375 g/mol. The van der Waals surface area contributed by atoms with Crippen molar-refractivity contribution in [3.05, 3.63) is 60.6 Å². The van der Waals surface area contributed by atoms with Gasteiger partial charge in [-0.1, -0.05) is 26.0 Å². The van der Waals surface area contributed by atoms with E-state index in [1.165, 1.54) is 5.56 Å². The molecule has 4 rings (SSSR count). The molecule has 0 spiro atoms. The van der Waals surface area contributed by atoms with Crippen molar-refractivity contribution in [2.45, 2.75) is 19.8 Å². The molecule has 144 valence electrons. The van der Waals surface area contributed by atoms with Gasteiger partial charge in [-0.25, -0.2) is 15.0 Å². The second-order valence-corrected chi connectivity index (χ2v) is 7.17. The Labute approximate surface area is 165 Å². The lowest BCUT2D eigenvalue weighted by atomic mass is 10.0. The molecule has 0 unspecified atom stereocenters. The first-order chi connectivity index (χ1) is 13.7. The fourth-order valence-electron chi connectivity index (χ4n) is 3.23. The van der Waals surface area contributed by atoms with E-state index in [2.05, 4.69) is 68.2 Å². The van der Waals surface area contributed by atoms with Crippen LogP contribution in [0, 0.1) is 0 Å². The molecule has 0 bridgehead atoms. The minimum Gasteiger partial charge on any atom is -0.340 e. The molecule has 2 aromatic heterocycles. The third kappa shape index (κ3) is 4.19. The van der Waals surface area contributed by atoms with Gasteiger partial charge in [0.2, 0.25) is 11.9 Å². The van der Waals surface area contributed by atoms with Gasteiger partial charge in [0.25, 0.3) is 0 Å². The summed E-state index contributed by atoms with van der Waals surface area (Å²) in [5, 5.41) is 3.38. The summed E-state index contributed by atoms with van der Waals surface area (Å²) in [4.78, 5) is 22.2. The van der Waals surface area contributed by atoms with Crippen LogP contribution >= 0.6 is 0 Å². The number of hydrogen-bond acceptors (Lipinski definition) is 7. The molecule has 3 aromatic rings. The average Bonchev–Trinajstić information content (AvgIpc) is 2.75. The zero-order chi connectivity index (χ0) is 19.3. The average molecular weight is 375 g/mol. The minimum absolute atomic E-state index is 0.527. The van der Waals surface area contributed by atoms with Gasteiger partial charge in [0, 0.05) is 50.5 Å². The second-order valence-electron chi connectivity index (χ2n) is 7.17. The Morgan fingerprint density at radius 3 is 2.04 bits per heavy atom. The molecule has 1 N–H and O–H groups in total. The van der Waals surface area contributed by atoms with Crippen molar-refractivity contribution >= 4 is 23.4 Å². The van der Waals surface area contributed by atoms with Crippen molar-refractivity contribution in [2.24, 2.45) is 0 Å². The van der Waals surface area contributed by atoms with Crippen molar-refractivity contribution < 1.29 is 0 Å². The topological polar surface area (TPSA) is 70.1 Å². The van der Waals surface area contributed by atoms with Crippen molar-refractivity contribution in [1.29, 1.82) is 0 Å². The Hall–Kier alpha value is -3.22. The normalized spacial score (nSPS) is 14.4. The van der Waals surface area contributed by atoms with Crippen molar-refractivity contribution in [3.8, 4) is 0 Å². The maximum absolute atomic E-state index is 4.70. The quantitative estimate of drug-likeness (QED) is 0.732. The molecule has 0 aliphatic carbocycles. The lowest BCUT2D eigenvalue weighted by Crippen LogP contribution is -2.47. The Balaban J connectivity index is 1.40. The predicted molar refractivity (Wildman–Crippen MR) is 112 cm³/mol. The van der Waals surface area contributed by atoms with E-state index in [1.807, 2.05) is 12.1 Å². The Morgan fingerprint density at radius 2 is 1.39 bits per heavy atom. The van der Waals surface area contributed by atoms with Crippen LogP contribution in [0.1, 0.15) is 25.3 Å². The highest BCUT2D eigenvalue weighted by atomic mass is 15.4. The second kappa shape index (κ2) is 8.21. The van der Waals surface area contributed by atoms with Gasteiger partial charge >= 0.3 is 0 Å². The van der Waals surface area contributed by atoms with Crippen LogP contribution in [0.15, 0.2) is 55.0 Å². The van der Waals surface area contributed by atoms with Crippen LogP contribution in [0.4, 0.5) is 23.4 Å². The number of benzene rings is 1. The molecular formula is C21H25N7. The summed E-state index contributed by atoms with van der Waals surface area (Å²) in [6.07, 6.45) is 5.36. The van der Waals surface area contributed by atoms with Crippen LogP contribution in [-0.4, -0.2) is 46.1 Å². The van der Waals surface area contributed by atoms with Crippen LogP contribution in [0.5, 0.6) is 0 Å². The molecule has 0 saturated carbocycles. The molecule has 1 aromatic carbocycles. The fraction of sp³-hybridized carbons (Fsp3) is 0.333. The SMILES string of the molecule is CC(C)c1ccc(Nc2ccnc(N3CCN(c4ncccn4)CC3)n2)cc1. The molecule has 1 aliphatic rings. The lowest BCUT2D eigenvalue weighted by molar-refractivity contribution is 0.628. The number of nitrogens with zero attached hydrogens (tertiary/aromatic N) is 6. The van der Waals surface area contributed by atoms with Crippen LogP contribution < -0.4 is 15.1 Å². The minimum atomic E-state index is 0.527. The van der Waals surface area contributed by atoms with Gasteiger partial charge in [-0.3, -0.25) is 0 Å². The number of anilines is 4. The predicted octanol–water partition coefficient (Wildman–Crippen LogP) is 3.46. The summed E-state index contributed by atoms with van der Waals surface area (Å²) in [6, 6.07) is 12.2. The van der Waals surface area contributed by atoms with Gasteiger partial charge in [0.15, 0.2) is 0 Å². The number of rotatable bonds is 5. The summed E-state index contributed by atoms with van der Waals surface area (Å²) >= 11 is 0. The fourth-order valence-corrected chi connectivity index (χ4v) is 3.23. The summed E-state index contributed by atoms with van der Waals surface area (Å²) in [5.41, 5.74) is 2.36. The van der Waals surface area contributed by atoms with E-state index in [-0.39, 0.29) is 0 Å². The maximum atomic E-state index is 4.70. The van der Waals surface area contributed by atoms with Gasteiger partial charge in [-0.05, 0) is 35.7 Å². The van der Waals surface area contributed by atoms with Gasteiger partial charge < -0.3 is 15.1 Å². The standard InChI is InChI=1S/C21H25N7/c1-16(2)17-4-6-18(7-5-17)25-19-8-11-24-21(26-19)28-14-12-27(13-15-28)20-22-9-3-10-23-20/h3-11,16H,12-15H2,1-2H3,(H,24,25,26). The first-order valence-corrected chi connectivity index (χ1v) is 9.66. The largest absolute Gasteiger partial charge is 0.340 e. The number of nitrogens with one attached hydrogen (secondary N) is 1. The van der Waals surface area contributed by atoms with E-state index in [0.29, 0.717) is 5.92 Å². The summed E-state index contributed by atoms with van der Waals surface area (Å²) in [5.74, 6) is 2.86. The van der Waals surface area contributed by atoms with Gasteiger partial charge in [0.05, 0.1) is 0 Å². The molecule has 28 heavy (non-hydrogen) atoms. The molecule has 0 amide bonds. The molecular weight excluding hydrogens is 350 g/mol. The number of piperazine rings is 1. The highest BCUT2D eigenvalue weighted by Crippen LogP contribution is 2.21. The molecule has 7 nitrogen and oxygen atoms in total. The van der Waals surface area contributed by atoms with Crippen LogP contribution in [0.2, 0.25) is 0 Å². The van der Waals surface area contributed by atoms with Gasteiger partial charge in [-0.15, -0.1) is 0 Å². The lowest BCUT2D eigenvalue weighted by Gasteiger charge is -2.34. The van der Waals surface area contributed by atoms with Crippen LogP contribution in [0.3, 0.4) is 0 Å². The van der Waals surface area contributed by atoms with Gasteiger partial charge in [-0.2, -0.15) is 4.98 Å². The zero-order valence-corrected chi connectivity index (χ0v) is 16.3. The third-order valence-electron chi connectivity index (χ3n) is 4.89. The molecule has 1 fully saturated rings. The Kier molecular flexibility index (Phi) is 5.32. The van der Waals surface area contributed by atoms with Crippen LogP contribution in [-0.2, 0) is 0 Å². The van der Waals surface area contributed by atoms with Gasteiger partial charge in [0.1, 0.15) is 5.82 Å². The molecule has 0 radical (unpaired) electrons. The van der Waals surface area contributed by atoms with Crippen molar-refractivity contribution in [1.82, 2.24) is 19.9 Å². The molecule has 3 heterocycles. The first kappa shape index (κ1) is 18.2.